The first-order valence-electron chi connectivity index (χ1n) is 3.35. The van der Waals surface area contributed by atoms with Gasteiger partial charge >= 0.3 is 0 Å². The summed E-state index contributed by atoms with van der Waals surface area (Å²) in [7, 11) is 0. The first kappa shape index (κ1) is 7.79. The molecule has 1 radical (unpaired) electrons. The Bertz CT molecular complexity index is 245. The van der Waals surface area contributed by atoms with Crippen molar-refractivity contribution in [2.24, 2.45) is 0 Å². The fraction of sp³-hybridized carbons (Fsp3) is 0.111. The second-order valence-electron chi connectivity index (χ2n) is 2.09. The van der Waals surface area contributed by atoms with Gasteiger partial charge in [-0.2, -0.15) is 0 Å². The van der Waals surface area contributed by atoms with Crippen LogP contribution in [0.15, 0.2) is 30.9 Å². The van der Waals surface area contributed by atoms with E-state index in [1.807, 2.05) is 0 Å². The molecule has 0 unspecified atom stereocenters. The lowest BCUT2D eigenvalue weighted by molar-refractivity contribution is 0.628. The molecule has 0 saturated carbocycles. The van der Waals surface area contributed by atoms with E-state index in [1.54, 1.807) is 12.1 Å². The van der Waals surface area contributed by atoms with Crippen LogP contribution in [-0.4, -0.2) is 6.54 Å². The van der Waals surface area contributed by atoms with Crippen molar-refractivity contribution in [1.29, 1.82) is 0 Å². The summed E-state index contributed by atoms with van der Waals surface area (Å²) in [5.74, 6) is -0.254. The number of benzene rings is 1. The van der Waals surface area contributed by atoms with Crippen LogP contribution in [0.2, 0.25) is 0 Å². The standard InChI is InChI=1S/C9H9FN/c1-2-6-11-9-5-3-4-8(10)7-9/h2-4,7,11H,1,6H2. The molecule has 0 aromatic heterocycles. The van der Waals surface area contributed by atoms with Gasteiger partial charge in [0.2, 0.25) is 0 Å². The predicted molar refractivity (Wildman–Crippen MR) is 43.9 cm³/mol. The van der Waals surface area contributed by atoms with Gasteiger partial charge in [0.05, 0.1) is 0 Å². The van der Waals surface area contributed by atoms with Gasteiger partial charge in [-0.15, -0.1) is 6.58 Å². The minimum Gasteiger partial charge on any atom is -0.381 e. The highest BCUT2D eigenvalue weighted by molar-refractivity contribution is 5.42. The number of rotatable bonds is 3. The summed E-state index contributed by atoms with van der Waals surface area (Å²) in [5.41, 5.74) is 0.657. The fourth-order valence-corrected chi connectivity index (χ4v) is 0.723. The molecule has 0 atom stereocenters. The van der Waals surface area contributed by atoms with Crippen molar-refractivity contribution in [2.45, 2.75) is 0 Å². The first-order chi connectivity index (χ1) is 5.33. The van der Waals surface area contributed by atoms with Crippen molar-refractivity contribution in [3.05, 3.63) is 42.7 Å². The van der Waals surface area contributed by atoms with E-state index < -0.39 is 0 Å². The van der Waals surface area contributed by atoms with Gasteiger partial charge in [-0.1, -0.05) is 6.08 Å². The van der Waals surface area contributed by atoms with Crippen molar-refractivity contribution in [2.75, 3.05) is 11.9 Å². The molecule has 1 aromatic carbocycles. The van der Waals surface area contributed by atoms with E-state index in [4.69, 9.17) is 0 Å². The molecule has 1 nitrogen and oxygen atoms in total. The van der Waals surface area contributed by atoms with Gasteiger partial charge in [0.15, 0.2) is 0 Å². The Morgan fingerprint density at radius 3 is 3.18 bits per heavy atom. The highest BCUT2D eigenvalue weighted by Gasteiger charge is 1.91. The molecule has 0 aliphatic carbocycles. The lowest BCUT2D eigenvalue weighted by Crippen LogP contribution is -1.97. The van der Waals surface area contributed by atoms with Crippen LogP contribution in [0.1, 0.15) is 0 Å². The first-order valence-corrected chi connectivity index (χ1v) is 3.35. The average molecular weight is 150 g/mol. The molecule has 1 aromatic rings. The molecule has 0 fully saturated rings. The van der Waals surface area contributed by atoms with E-state index in [2.05, 4.69) is 18.0 Å². The molecule has 0 amide bonds. The Balaban J connectivity index is 2.63. The summed E-state index contributed by atoms with van der Waals surface area (Å²) < 4.78 is 12.5. The third-order valence-corrected chi connectivity index (χ3v) is 1.20. The van der Waals surface area contributed by atoms with Gasteiger partial charge in [-0.3, -0.25) is 0 Å². The third-order valence-electron chi connectivity index (χ3n) is 1.20. The Labute approximate surface area is 65.6 Å². The van der Waals surface area contributed by atoms with E-state index >= 15 is 0 Å². The van der Waals surface area contributed by atoms with Crippen LogP contribution in [0.3, 0.4) is 0 Å². The molecule has 0 bridgehead atoms. The van der Waals surface area contributed by atoms with E-state index in [0.717, 1.165) is 0 Å². The van der Waals surface area contributed by atoms with Gasteiger partial charge in [-0.25, -0.2) is 4.39 Å². The fourth-order valence-electron chi connectivity index (χ4n) is 0.723. The topological polar surface area (TPSA) is 12.0 Å². The largest absolute Gasteiger partial charge is 0.381 e. The monoisotopic (exact) mass is 150 g/mol. The van der Waals surface area contributed by atoms with Crippen molar-refractivity contribution < 1.29 is 4.39 Å². The van der Waals surface area contributed by atoms with E-state index in [-0.39, 0.29) is 5.82 Å². The minimum absolute atomic E-state index is 0.254. The molecule has 57 valence electrons. The van der Waals surface area contributed by atoms with Crippen LogP contribution in [0.25, 0.3) is 0 Å². The third kappa shape index (κ3) is 2.42. The van der Waals surface area contributed by atoms with Gasteiger partial charge < -0.3 is 5.32 Å². The summed E-state index contributed by atoms with van der Waals surface area (Å²) in [4.78, 5) is 0. The average Bonchev–Trinajstić information content (AvgIpc) is 2.01. The second-order valence-corrected chi connectivity index (χ2v) is 2.09. The van der Waals surface area contributed by atoms with Crippen LogP contribution in [0, 0.1) is 11.9 Å². The zero-order chi connectivity index (χ0) is 8.10. The molecule has 0 saturated heterocycles. The lowest BCUT2D eigenvalue weighted by Gasteiger charge is -2.00. The van der Waals surface area contributed by atoms with E-state index in [0.29, 0.717) is 12.2 Å². The molecular weight excluding hydrogens is 141 g/mol. The molecule has 1 rings (SSSR count). The number of anilines is 1. The number of hydrogen-bond donors (Lipinski definition) is 1. The van der Waals surface area contributed by atoms with Crippen molar-refractivity contribution in [1.82, 2.24) is 0 Å². The summed E-state index contributed by atoms with van der Waals surface area (Å²) in [6.45, 7) is 4.15. The van der Waals surface area contributed by atoms with Crippen molar-refractivity contribution >= 4 is 5.69 Å². The SMILES string of the molecule is C=CCNc1[c]ccc(F)c1. The van der Waals surface area contributed by atoms with E-state index in [9.17, 15) is 4.39 Å². The van der Waals surface area contributed by atoms with Crippen LogP contribution >= 0.6 is 0 Å². The minimum atomic E-state index is -0.254. The smallest absolute Gasteiger partial charge is 0.125 e. The Kier molecular flexibility index (Phi) is 2.66. The zero-order valence-corrected chi connectivity index (χ0v) is 6.10. The summed E-state index contributed by atoms with van der Waals surface area (Å²) in [5, 5.41) is 2.92. The Hall–Kier alpha value is -1.31. The number of halogens is 1. The van der Waals surface area contributed by atoms with Gasteiger partial charge in [0, 0.05) is 18.3 Å². The quantitative estimate of drug-likeness (QED) is 0.651. The van der Waals surface area contributed by atoms with Crippen LogP contribution in [0.4, 0.5) is 10.1 Å². The van der Waals surface area contributed by atoms with Gasteiger partial charge in [0.1, 0.15) is 5.82 Å². The Morgan fingerprint density at radius 1 is 1.73 bits per heavy atom. The second kappa shape index (κ2) is 3.76. The highest BCUT2D eigenvalue weighted by Crippen LogP contribution is 2.07. The molecule has 2 heteroatoms. The molecule has 1 N–H and O–H groups in total. The zero-order valence-electron chi connectivity index (χ0n) is 6.10. The maximum Gasteiger partial charge on any atom is 0.125 e. The molecule has 0 aliphatic heterocycles. The number of hydrogen-bond acceptors (Lipinski definition) is 1. The van der Waals surface area contributed by atoms with E-state index in [1.165, 1.54) is 12.1 Å². The van der Waals surface area contributed by atoms with Gasteiger partial charge in [-0.05, 0) is 18.2 Å². The predicted octanol–water partition coefficient (Wildman–Crippen LogP) is 2.22. The molecular formula is C9H9FN. The molecule has 0 spiro atoms. The van der Waals surface area contributed by atoms with Crippen LogP contribution < -0.4 is 5.32 Å². The highest BCUT2D eigenvalue weighted by atomic mass is 19.1. The lowest BCUT2D eigenvalue weighted by atomic mass is 10.3. The van der Waals surface area contributed by atoms with Crippen molar-refractivity contribution in [3.63, 3.8) is 0 Å². The van der Waals surface area contributed by atoms with Crippen LogP contribution in [-0.2, 0) is 0 Å². The summed E-state index contributed by atoms with van der Waals surface area (Å²) in [6, 6.07) is 7.14. The number of nitrogens with one attached hydrogen (secondary N) is 1. The van der Waals surface area contributed by atoms with Crippen molar-refractivity contribution in [3.8, 4) is 0 Å². The molecule has 0 aliphatic rings. The maximum atomic E-state index is 12.5. The normalized spacial score (nSPS) is 9.18. The van der Waals surface area contributed by atoms with Crippen LogP contribution in [0.5, 0.6) is 0 Å². The molecule has 0 heterocycles. The summed E-state index contributed by atoms with van der Waals surface area (Å²) >= 11 is 0. The summed E-state index contributed by atoms with van der Waals surface area (Å²) in [6.07, 6.45) is 1.71. The molecule has 11 heavy (non-hydrogen) atoms. The maximum absolute atomic E-state index is 12.5. The Morgan fingerprint density at radius 2 is 2.55 bits per heavy atom. The van der Waals surface area contributed by atoms with Gasteiger partial charge in [0.25, 0.3) is 0 Å².